The van der Waals surface area contributed by atoms with E-state index in [2.05, 4.69) is 49.1 Å². The van der Waals surface area contributed by atoms with Crippen molar-refractivity contribution in [3.63, 3.8) is 0 Å². The fourth-order valence-electron chi connectivity index (χ4n) is 3.12. The minimum atomic E-state index is 0.0697. The van der Waals surface area contributed by atoms with Gasteiger partial charge in [-0.1, -0.05) is 37.3 Å². The van der Waals surface area contributed by atoms with E-state index in [1.165, 1.54) is 5.56 Å². The van der Waals surface area contributed by atoms with Gasteiger partial charge in [0.1, 0.15) is 0 Å². The number of morpholine rings is 1. The van der Waals surface area contributed by atoms with Gasteiger partial charge in [0.25, 0.3) is 0 Å². The summed E-state index contributed by atoms with van der Waals surface area (Å²) in [6, 6.07) is 11.2. The summed E-state index contributed by atoms with van der Waals surface area (Å²) in [7, 11) is 0. The minimum Gasteiger partial charge on any atom is -0.378 e. The van der Waals surface area contributed by atoms with Crippen LogP contribution >= 0.6 is 0 Å². The number of aryl methyl sites for hydroxylation is 1. The molecule has 3 nitrogen and oxygen atoms in total. The highest BCUT2D eigenvalue weighted by atomic mass is 16.5. The van der Waals surface area contributed by atoms with E-state index in [0.29, 0.717) is 12.6 Å². The summed E-state index contributed by atoms with van der Waals surface area (Å²) in [5.74, 6) is 0. The third kappa shape index (κ3) is 3.60. The molecule has 2 atom stereocenters. The van der Waals surface area contributed by atoms with Gasteiger partial charge >= 0.3 is 0 Å². The Morgan fingerprint density at radius 3 is 2.75 bits per heavy atom. The molecule has 112 valence electrons. The Morgan fingerprint density at radius 2 is 2.10 bits per heavy atom. The van der Waals surface area contributed by atoms with Crippen molar-refractivity contribution in [1.82, 2.24) is 4.90 Å². The van der Waals surface area contributed by atoms with E-state index >= 15 is 0 Å². The predicted octanol–water partition coefficient (Wildman–Crippen LogP) is 2.45. The van der Waals surface area contributed by atoms with Crippen molar-refractivity contribution < 1.29 is 4.74 Å². The second-order valence-corrected chi connectivity index (χ2v) is 6.02. The van der Waals surface area contributed by atoms with E-state index < -0.39 is 0 Å². The van der Waals surface area contributed by atoms with Crippen LogP contribution in [-0.4, -0.2) is 42.8 Å². The second kappa shape index (κ2) is 7.21. The van der Waals surface area contributed by atoms with Gasteiger partial charge in [0.05, 0.1) is 13.2 Å². The van der Waals surface area contributed by atoms with E-state index in [0.717, 1.165) is 39.0 Å². The molecule has 3 heteroatoms. The average Bonchev–Trinajstić information content (AvgIpc) is 2.53. The summed E-state index contributed by atoms with van der Waals surface area (Å²) in [4.78, 5) is 2.58. The van der Waals surface area contributed by atoms with Gasteiger partial charge in [-0.05, 0) is 31.7 Å². The topological polar surface area (TPSA) is 38.5 Å². The van der Waals surface area contributed by atoms with Crippen molar-refractivity contribution in [2.45, 2.75) is 44.7 Å². The van der Waals surface area contributed by atoms with Crippen molar-refractivity contribution >= 4 is 0 Å². The Hall–Kier alpha value is -0.900. The van der Waals surface area contributed by atoms with Crippen LogP contribution in [0.2, 0.25) is 0 Å². The van der Waals surface area contributed by atoms with E-state index in [4.69, 9.17) is 10.5 Å². The Balaban J connectivity index is 2.03. The normalized spacial score (nSPS) is 23.4. The molecule has 0 amide bonds. The monoisotopic (exact) mass is 276 g/mol. The molecule has 1 saturated heterocycles. The maximum Gasteiger partial charge on any atom is 0.0622 e. The fourth-order valence-corrected chi connectivity index (χ4v) is 3.12. The number of rotatable bonds is 6. The summed E-state index contributed by atoms with van der Waals surface area (Å²) in [5, 5.41) is 0. The molecule has 20 heavy (non-hydrogen) atoms. The lowest BCUT2D eigenvalue weighted by atomic mass is 9.89. The summed E-state index contributed by atoms with van der Waals surface area (Å²) in [6.45, 7) is 7.93. The number of hydrogen-bond acceptors (Lipinski definition) is 3. The zero-order valence-electron chi connectivity index (χ0n) is 12.8. The molecule has 1 aromatic carbocycles. The molecule has 1 aliphatic rings. The number of ether oxygens (including phenoxy) is 1. The van der Waals surface area contributed by atoms with Gasteiger partial charge in [-0.25, -0.2) is 0 Å². The highest BCUT2D eigenvalue weighted by molar-refractivity contribution is 5.15. The Kier molecular flexibility index (Phi) is 5.58. The highest BCUT2D eigenvalue weighted by Gasteiger charge is 2.36. The summed E-state index contributed by atoms with van der Waals surface area (Å²) in [5.41, 5.74) is 7.60. The molecule has 1 fully saturated rings. The zero-order chi connectivity index (χ0) is 14.4. The van der Waals surface area contributed by atoms with Crippen molar-refractivity contribution in [3.05, 3.63) is 35.9 Å². The van der Waals surface area contributed by atoms with Crippen LogP contribution < -0.4 is 5.73 Å². The van der Waals surface area contributed by atoms with Crippen LogP contribution in [0.5, 0.6) is 0 Å². The number of benzene rings is 1. The maximum atomic E-state index is 6.14. The van der Waals surface area contributed by atoms with Crippen LogP contribution in [-0.2, 0) is 11.2 Å². The van der Waals surface area contributed by atoms with Crippen LogP contribution in [0.4, 0.5) is 0 Å². The van der Waals surface area contributed by atoms with E-state index in [-0.39, 0.29) is 5.54 Å². The van der Waals surface area contributed by atoms with Gasteiger partial charge in [0.15, 0.2) is 0 Å². The SMILES string of the molecule is CCC1COCCN1C(C)(CN)CCc1ccccc1. The molecule has 0 saturated carbocycles. The number of nitrogens with zero attached hydrogens (tertiary/aromatic N) is 1. The second-order valence-electron chi connectivity index (χ2n) is 6.02. The Labute approximate surface area is 123 Å². The molecule has 0 spiro atoms. The van der Waals surface area contributed by atoms with Gasteiger partial charge in [0.2, 0.25) is 0 Å². The van der Waals surface area contributed by atoms with Gasteiger partial charge < -0.3 is 10.5 Å². The molecule has 1 heterocycles. The molecule has 2 unspecified atom stereocenters. The third-order valence-electron chi connectivity index (χ3n) is 4.63. The first-order chi connectivity index (χ1) is 9.69. The molecule has 2 N–H and O–H groups in total. The fraction of sp³-hybridized carbons (Fsp3) is 0.647. The number of hydrogen-bond donors (Lipinski definition) is 1. The summed E-state index contributed by atoms with van der Waals surface area (Å²) in [6.07, 6.45) is 3.31. The lowest BCUT2D eigenvalue weighted by molar-refractivity contribution is -0.0607. The zero-order valence-corrected chi connectivity index (χ0v) is 12.8. The lowest BCUT2D eigenvalue weighted by Crippen LogP contribution is -2.60. The molecule has 1 aliphatic heterocycles. The standard InChI is InChI=1S/C17H28N2O/c1-3-16-13-20-12-11-19(16)17(2,14-18)10-9-15-7-5-4-6-8-15/h4-8,16H,3,9-14,18H2,1-2H3. The average molecular weight is 276 g/mol. The van der Waals surface area contributed by atoms with Gasteiger partial charge in [-0.15, -0.1) is 0 Å². The van der Waals surface area contributed by atoms with Crippen molar-refractivity contribution in [2.24, 2.45) is 5.73 Å². The molecular formula is C17H28N2O. The van der Waals surface area contributed by atoms with Gasteiger partial charge in [-0.3, -0.25) is 4.90 Å². The smallest absolute Gasteiger partial charge is 0.0622 e. The summed E-state index contributed by atoms with van der Waals surface area (Å²) >= 11 is 0. The molecule has 0 aromatic heterocycles. The summed E-state index contributed by atoms with van der Waals surface area (Å²) < 4.78 is 5.62. The third-order valence-corrected chi connectivity index (χ3v) is 4.63. The first-order valence-corrected chi connectivity index (χ1v) is 7.78. The van der Waals surface area contributed by atoms with Crippen LogP contribution in [0.3, 0.4) is 0 Å². The predicted molar refractivity (Wildman–Crippen MR) is 83.8 cm³/mol. The molecule has 2 rings (SSSR count). The molecule has 0 radical (unpaired) electrons. The van der Waals surface area contributed by atoms with Crippen molar-refractivity contribution in [3.8, 4) is 0 Å². The molecular weight excluding hydrogens is 248 g/mol. The quantitative estimate of drug-likeness (QED) is 0.867. The van der Waals surface area contributed by atoms with Crippen molar-refractivity contribution in [2.75, 3.05) is 26.3 Å². The highest BCUT2D eigenvalue weighted by Crippen LogP contribution is 2.26. The van der Waals surface area contributed by atoms with Crippen LogP contribution in [0.25, 0.3) is 0 Å². The maximum absolute atomic E-state index is 6.14. The molecule has 1 aromatic rings. The first kappa shape index (κ1) is 15.5. The van der Waals surface area contributed by atoms with Crippen LogP contribution in [0, 0.1) is 0 Å². The Morgan fingerprint density at radius 1 is 1.35 bits per heavy atom. The van der Waals surface area contributed by atoms with Gasteiger partial charge in [-0.2, -0.15) is 0 Å². The Bertz CT molecular complexity index is 395. The first-order valence-electron chi connectivity index (χ1n) is 7.78. The molecule has 0 aliphatic carbocycles. The largest absolute Gasteiger partial charge is 0.378 e. The van der Waals surface area contributed by atoms with Crippen LogP contribution in [0.15, 0.2) is 30.3 Å². The van der Waals surface area contributed by atoms with E-state index in [9.17, 15) is 0 Å². The van der Waals surface area contributed by atoms with Crippen molar-refractivity contribution in [1.29, 1.82) is 0 Å². The lowest BCUT2D eigenvalue weighted by Gasteiger charge is -2.47. The van der Waals surface area contributed by atoms with E-state index in [1.807, 2.05) is 0 Å². The molecule has 0 bridgehead atoms. The van der Waals surface area contributed by atoms with E-state index in [1.54, 1.807) is 0 Å². The van der Waals surface area contributed by atoms with Crippen LogP contribution in [0.1, 0.15) is 32.3 Å². The minimum absolute atomic E-state index is 0.0697. The van der Waals surface area contributed by atoms with Gasteiger partial charge in [0, 0.05) is 24.7 Å². The number of nitrogens with two attached hydrogens (primary N) is 1.